The van der Waals surface area contributed by atoms with Gasteiger partial charge in [-0.05, 0) is 97.7 Å². The van der Waals surface area contributed by atoms with Crippen molar-refractivity contribution in [2.75, 3.05) is 7.11 Å². The van der Waals surface area contributed by atoms with E-state index in [1.807, 2.05) is 112 Å². The lowest BCUT2D eigenvalue weighted by atomic mass is 9.47. The van der Waals surface area contributed by atoms with E-state index in [-0.39, 0.29) is 30.0 Å². The van der Waals surface area contributed by atoms with Gasteiger partial charge in [-0.2, -0.15) is 0 Å². The minimum atomic E-state index is -1.45. The number of nitrogens with one attached hydrogen (secondary N) is 1. The Labute approximate surface area is 338 Å². The maximum absolute atomic E-state index is 14.1. The molecule has 3 saturated carbocycles. The Balaban J connectivity index is 1.09. The highest BCUT2D eigenvalue weighted by atomic mass is 31.2. The first kappa shape index (κ1) is 41.1. The van der Waals surface area contributed by atoms with Crippen molar-refractivity contribution in [2.24, 2.45) is 23.0 Å². The van der Waals surface area contributed by atoms with Gasteiger partial charge in [-0.1, -0.05) is 98.8 Å². The molecule has 8 rings (SSSR count). The van der Waals surface area contributed by atoms with Gasteiger partial charge in [-0.25, -0.2) is 4.79 Å². The number of rotatable bonds is 15. The Morgan fingerprint density at radius 2 is 1.51 bits per heavy atom. The number of esters is 1. The Kier molecular flexibility index (Phi) is 12.6. The van der Waals surface area contributed by atoms with Crippen molar-refractivity contribution in [3.8, 4) is 5.75 Å². The van der Waals surface area contributed by atoms with Gasteiger partial charge in [0.1, 0.15) is 23.0 Å². The second kappa shape index (κ2) is 17.4. The van der Waals surface area contributed by atoms with Crippen LogP contribution in [0.15, 0.2) is 103 Å². The van der Waals surface area contributed by atoms with Gasteiger partial charge in [0.2, 0.25) is 14.3 Å². The number of carbonyl (C=O) groups excluding carboxylic acids is 2. The monoisotopic (exact) mass is 792 g/mol. The molecule has 3 N–H and O–H groups in total. The minimum absolute atomic E-state index is 0.0505. The molecule has 1 saturated heterocycles. The molecule has 0 aromatic heterocycles. The number of hydrogen-bond acceptors (Lipinski definition) is 9. The van der Waals surface area contributed by atoms with E-state index in [1.165, 1.54) is 7.11 Å². The van der Waals surface area contributed by atoms with E-state index in [0.29, 0.717) is 47.5 Å². The third kappa shape index (κ3) is 9.46. The van der Waals surface area contributed by atoms with Crippen LogP contribution >= 0.6 is 8.38 Å². The molecule has 12 heteroatoms. The first-order valence-corrected chi connectivity index (χ1v) is 21.0. The number of para-hydroxylation sites is 1. The molecule has 6 unspecified atom stereocenters. The molecule has 1 heterocycles. The van der Waals surface area contributed by atoms with Crippen molar-refractivity contribution >= 4 is 32.7 Å². The van der Waals surface area contributed by atoms with E-state index < -0.39 is 39.0 Å². The maximum atomic E-state index is 14.1. The lowest BCUT2D eigenvalue weighted by Gasteiger charge is -2.60. The van der Waals surface area contributed by atoms with Crippen LogP contribution in [0.2, 0.25) is 0 Å². The predicted octanol–water partition coefficient (Wildman–Crippen LogP) is 7.63. The fourth-order valence-electron chi connectivity index (χ4n) is 8.31. The second-order valence-electron chi connectivity index (χ2n) is 16.9. The molecule has 6 atom stereocenters. The van der Waals surface area contributed by atoms with Crippen molar-refractivity contribution < 1.29 is 37.4 Å². The average molecular weight is 793 g/mol. The third-order valence-electron chi connectivity index (χ3n) is 11.6. The summed E-state index contributed by atoms with van der Waals surface area (Å²) >= 11 is 0. The molecule has 4 aromatic rings. The summed E-state index contributed by atoms with van der Waals surface area (Å²) in [4.78, 5) is 27.4. The molecular weight excluding hydrogens is 738 g/mol. The van der Waals surface area contributed by atoms with Crippen molar-refractivity contribution in [3.63, 3.8) is 0 Å². The van der Waals surface area contributed by atoms with Crippen LogP contribution in [0.1, 0.15) is 86.1 Å². The highest BCUT2D eigenvalue weighted by Crippen LogP contribution is 2.61. The van der Waals surface area contributed by atoms with Crippen LogP contribution in [-0.4, -0.2) is 49.9 Å². The van der Waals surface area contributed by atoms with Gasteiger partial charge in [0.15, 0.2) is 0 Å². The summed E-state index contributed by atoms with van der Waals surface area (Å²) in [6.45, 7) is 10.9. The number of ether oxygens (including phenoxy) is 2. The SMILES string of the molecule is COc1c(CC(NC(=O)C(N)c2ccc(P(OCc3ccccc3)OCc3ccccc3)cc2)B2OC3CC4CC(C3O2)C4(C)C)cccc1C(=O)OC(C)(C)C. The largest absolute Gasteiger partial charge is 0.496 e. The zero-order valence-corrected chi connectivity index (χ0v) is 34.6. The van der Waals surface area contributed by atoms with Crippen molar-refractivity contribution in [1.82, 2.24) is 5.32 Å². The summed E-state index contributed by atoms with van der Waals surface area (Å²) in [6, 6.07) is 31.8. The van der Waals surface area contributed by atoms with Gasteiger partial charge in [0.05, 0.1) is 38.5 Å². The van der Waals surface area contributed by atoms with Crippen molar-refractivity contribution in [2.45, 2.75) is 96.9 Å². The molecule has 4 aromatic carbocycles. The van der Waals surface area contributed by atoms with Crippen LogP contribution < -0.4 is 21.1 Å². The molecule has 4 fully saturated rings. The zero-order valence-electron chi connectivity index (χ0n) is 33.7. The van der Waals surface area contributed by atoms with Crippen LogP contribution in [0.25, 0.3) is 0 Å². The minimum Gasteiger partial charge on any atom is -0.496 e. The molecular formula is C45H54BN2O8P. The van der Waals surface area contributed by atoms with E-state index in [0.717, 1.165) is 29.3 Å². The van der Waals surface area contributed by atoms with Gasteiger partial charge in [-0.15, -0.1) is 0 Å². The number of benzene rings is 4. The van der Waals surface area contributed by atoms with E-state index in [2.05, 4.69) is 19.2 Å². The molecule has 2 bridgehead atoms. The molecule has 4 aliphatic rings. The number of amides is 1. The third-order valence-corrected chi connectivity index (χ3v) is 13.0. The first-order valence-electron chi connectivity index (χ1n) is 19.8. The lowest BCUT2D eigenvalue weighted by Crippen LogP contribution is -2.59. The van der Waals surface area contributed by atoms with Crippen LogP contribution in [0, 0.1) is 17.3 Å². The van der Waals surface area contributed by atoms with Gasteiger partial charge in [0.25, 0.3) is 0 Å². The Bertz CT molecular complexity index is 1950. The number of methoxy groups -OCH3 is 1. The summed E-state index contributed by atoms with van der Waals surface area (Å²) in [5, 5.41) is 4.05. The standard InChI is InChI=1S/C45H54BN2O8P/c1-44(2,3)54-43(50)35-19-13-18-32(40(35)51-6)24-38(46-55-37-26-33-25-36(41(37)56-46)45(33,4)5)48-42(49)39(47)31-20-22-34(23-21-31)57(52-27-29-14-9-7-10-15-29)53-28-30-16-11-8-12-17-30/h7-23,33,36-39,41H,24-28,47H2,1-6H3,(H,48,49). The van der Waals surface area contributed by atoms with Crippen molar-refractivity contribution in [1.29, 1.82) is 0 Å². The van der Waals surface area contributed by atoms with Crippen LogP contribution in [-0.2, 0) is 47.5 Å². The lowest BCUT2D eigenvalue weighted by molar-refractivity contribution is -0.150. The summed E-state index contributed by atoms with van der Waals surface area (Å²) < 4.78 is 37.5. The van der Waals surface area contributed by atoms with E-state index in [4.69, 9.17) is 33.6 Å². The van der Waals surface area contributed by atoms with E-state index in [9.17, 15) is 9.59 Å². The highest BCUT2D eigenvalue weighted by molar-refractivity contribution is 7.55. The van der Waals surface area contributed by atoms with Gasteiger partial charge < -0.3 is 38.9 Å². The molecule has 1 aliphatic heterocycles. The van der Waals surface area contributed by atoms with Crippen LogP contribution in [0.5, 0.6) is 5.75 Å². The predicted molar refractivity (Wildman–Crippen MR) is 222 cm³/mol. The molecule has 1 amide bonds. The Morgan fingerprint density at radius 1 is 0.877 bits per heavy atom. The normalized spacial score (nSPS) is 21.9. The molecule has 3 aliphatic carbocycles. The summed E-state index contributed by atoms with van der Waals surface area (Å²) in [7, 11) is -0.654. The number of nitrogens with two attached hydrogens (primary N) is 1. The fraction of sp³-hybridized carbons (Fsp3) is 0.422. The second-order valence-corrected chi connectivity index (χ2v) is 18.5. The molecule has 57 heavy (non-hydrogen) atoms. The number of hydrogen-bond donors (Lipinski definition) is 2. The molecule has 0 radical (unpaired) electrons. The van der Waals surface area contributed by atoms with E-state index >= 15 is 0 Å². The Morgan fingerprint density at radius 3 is 2.09 bits per heavy atom. The van der Waals surface area contributed by atoms with Gasteiger partial charge in [0, 0.05) is 5.30 Å². The number of carbonyl (C=O) groups is 2. The van der Waals surface area contributed by atoms with Gasteiger partial charge in [-0.3, -0.25) is 4.79 Å². The summed E-state index contributed by atoms with van der Waals surface area (Å²) in [5.41, 5.74) is 9.91. The molecule has 0 spiro atoms. The first-order chi connectivity index (χ1) is 27.3. The summed E-state index contributed by atoms with van der Waals surface area (Å²) in [6.07, 6.45) is 2.19. The maximum Gasteiger partial charge on any atom is 0.481 e. The quantitative estimate of drug-likeness (QED) is 0.0710. The summed E-state index contributed by atoms with van der Waals surface area (Å²) in [5.74, 6) is -0.174. The zero-order chi connectivity index (χ0) is 40.3. The van der Waals surface area contributed by atoms with Crippen LogP contribution in [0.4, 0.5) is 0 Å². The van der Waals surface area contributed by atoms with E-state index in [1.54, 1.807) is 12.1 Å². The van der Waals surface area contributed by atoms with Crippen LogP contribution in [0.3, 0.4) is 0 Å². The average Bonchev–Trinajstić information content (AvgIpc) is 3.65. The molecule has 10 nitrogen and oxygen atoms in total. The topological polar surface area (TPSA) is 128 Å². The highest BCUT2D eigenvalue weighted by Gasteiger charge is 2.62. The van der Waals surface area contributed by atoms with Crippen molar-refractivity contribution in [3.05, 3.63) is 131 Å². The fourth-order valence-corrected chi connectivity index (χ4v) is 9.61. The Hall–Kier alpha value is -4.09. The smallest absolute Gasteiger partial charge is 0.481 e. The van der Waals surface area contributed by atoms with Gasteiger partial charge >= 0.3 is 13.1 Å². The molecule has 300 valence electrons.